The van der Waals surface area contributed by atoms with Crippen LogP contribution in [0.2, 0.25) is 0 Å². The molecule has 0 bridgehead atoms. The van der Waals surface area contributed by atoms with Gasteiger partial charge in [0, 0.05) is 16.8 Å². The quantitative estimate of drug-likeness (QED) is 0.640. The Labute approximate surface area is 103 Å². The van der Waals surface area contributed by atoms with E-state index in [-0.39, 0.29) is 5.43 Å². The number of thiophene rings is 1. The molecule has 0 aliphatic heterocycles. The average molecular weight is 243 g/mol. The summed E-state index contributed by atoms with van der Waals surface area (Å²) in [6, 6.07) is 9.85. The van der Waals surface area contributed by atoms with E-state index in [0.29, 0.717) is 0 Å². The molecule has 86 valence electrons. The lowest BCUT2D eigenvalue weighted by molar-refractivity contribution is 0.827. The van der Waals surface area contributed by atoms with Crippen molar-refractivity contribution in [2.75, 3.05) is 0 Å². The number of aryl methyl sites for hydroxylation is 2. The van der Waals surface area contributed by atoms with Crippen LogP contribution in [-0.4, -0.2) is 4.57 Å². The molecule has 1 aromatic carbocycles. The molecule has 0 unspecified atom stereocenters. The molecule has 0 aliphatic rings. The molecule has 3 rings (SSSR count). The first kappa shape index (κ1) is 10.5. The number of fused-ring (bicyclic) bond motifs is 2. The Morgan fingerprint density at radius 2 is 2.00 bits per heavy atom. The first-order valence-electron chi connectivity index (χ1n) is 5.74. The summed E-state index contributed by atoms with van der Waals surface area (Å²) in [4.78, 5) is 14.6. The molecule has 17 heavy (non-hydrogen) atoms. The molecule has 0 aliphatic carbocycles. The van der Waals surface area contributed by atoms with E-state index in [1.54, 1.807) is 11.3 Å². The van der Waals surface area contributed by atoms with Crippen molar-refractivity contribution in [3.8, 4) is 0 Å². The third-order valence-corrected chi connectivity index (χ3v) is 4.15. The highest BCUT2D eigenvalue weighted by Crippen LogP contribution is 2.26. The van der Waals surface area contributed by atoms with Gasteiger partial charge in [-0.05, 0) is 32.0 Å². The van der Waals surface area contributed by atoms with Gasteiger partial charge in [-0.1, -0.05) is 12.1 Å². The molecule has 0 saturated heterocycles. The normalized spacial score (nSPS) is 11.4. The lowest BCUT2D eigenvalue weighted by atomic mass is 10.1. The third-order valence-electron chi connectivity index (χ3n) is 3.08. The van der Waals surface area contributed by atoms with Gasteiger partial charge in [-0.25, -0.2) is 0 Å². The van der Waals surface area contributed by atoms with Gasteiger partial charge in [0.2, 0.25) is 0 Å². The molecule has 0 atom stereocenters. The predicted molar refractivity (Wildman–Crippen MR) is 74.0 cm³/mol. The van der Waals surface area contributed by atoms with E-state index in [0.717, 1.165) is 27.7 Å². The minimum atomic E-state index is 0.157. The van der Waals surface area contributed by atoms with E-state index in [1.807, 2.05) is 30.3 Å². The molecule has 0 saturated carbocycles. The van der Waals surface area contributed by atoms with Gasteiger partial charge in [0.1, 0.15) is 4.83 Å². The van der Waals surface area contributed by atoms with Crippen LogP contribution in [0.15, 0.2) is 35.1 Å². The van der Waals surface area contributed by atoms with Crippen molar-refractivity contribution in [3.63, 3.8) is 0 Å². The summed E-state index contributed by atoms with van der Waals surface area (Å²) in [5.74, 6) is 0. The summed E-state index contributed by atoms with van der Waals surface area (Å²) in [6.45, 7) is 5.05. The van der Waals surface area contributed by atoms with E-state index in [4.69, 9.17) is 0 Å². The molecule has 0 spiro atoms. The molecular weight excluding hydrogens is 230 g/mol. The molecule has 3 heteroatoms. The number of nitrogens with zero attached hydrogens (tertiary/aromatic N) is 1. The monoisotopic (exact) mass is 243 g/mol. The summed E-state index contributed by atoms with van der Waals surface area (Å²) in [7, 11) is 0. The first-order valence-corrected chi connectivity index (χ1v) is 6.55. The van der Waals surface area contributed by atoms with Crippen molar-refractivity contribution in [3.05, 3.63) is 45.4 Å². The number of benzene rings is 1. The van der Waals surface area contributed by atoms with Crippen molar-refractivity contribution in [2.45, 2.75) is 20.4 Å². The standard InChI is InChI=1S/C14H13NOS/c1-3-15-12-7-5-4-6-10(12)13(16)11-8-9(2)17-14(11)15/h4-8H,3H2,1-2H3. The zero-order valence-electron chi connectivity index (χ0n) is 9.86. The van der Waals surface area contributed by atoms with Crippen molar-refractivity contribution < 1.29 is 0 Å². The van der Waals surface area contributed by atoms with Crippen LogP contribution in [-0.2, 0) is 6.54 Å². The van der Waals surface area contributed by atoms with Gasteiger partial charge in [-0.2, -0.15) is 0 Å². The first-order chi connectivity index (χ1) is 8.22. The van der Waals surface area contributed by atoms with Crippen LogP contribution in [0.25, 0.3) is 21.1 Å². The smallest absolute Gasteiger partial charge is 0.198 e. The summed E-state index contributed by atoms with van der Waals surface area (Å²) >= 11 is 1.70. The Kier molecular flexibility index (Phi) is 2.30. The maximum atomic E-state index is 12.4. The van der Waals surface area contributed by atoms with Gasteiger partial charge >= 0.3 is 0 Å². The van der Waals surface area contributed by atoms with Gasteiger partial charge in [0.25, 0.3) is 0 Å². The van der Waals surface area contributed by atoms with E-state index < -0.39 is 0 Å². The van der Waals surface area contributed by atoms with Gasteiger partial charge in [0.05, 0.1) is 10.9 Å². The van der Waals surface area contributed by atoms with Gasteiger partial charge in [0.15, 0.2) is 5.43 Å². The molecule has 2 aromatic heterocycles. The van der Waals surface area contributed by atoms with Crippen molar-refractivity contribution in [1.82, 2.24) is 4.57 Å². The highest BCUT2D eigenvalue weighted by atomic mass is 32.1. The molecule has 3 aromatic rings. The molecule has 0 radical (unpaired) electrons. The Bertz CT molecular complexity index is 767. The second-order valence-corrected chi connectivity index (χ2v) is 5.40. The zero-order valence-corrected chi connectivity index (χ0v) is 10.7. The van der Waals surface area contributed by atoms with Crippen LogP contribution < -0.4 is 5.43 Å². The number of rotatable bonds is 1. The predicted octanol–water partition coefficient (Wildman–Crippen LogP) is 3.54. The van der Waals surface area contributed by atoms with E-state index >= 15 is 0 Å². The summed E-state index contributed by atoms with van der Waals surface area (Å²) < 4.78 is 2.23. The van der Waals surface area contributed by atoms with Crippen LogP contribution >= 0.6 is 11.3 Å². The number of hydrogen-bond acceptors (Lipinski definition) is 2. The van der Waals surface area contributed by atoms with Crippen molar-refractivity contribution in [1.29, 1.82) is 0 Å². The van der Waals surface area contributed by atoms with Crippen molar-refractivity contribution in [2.24, 2.45) is 0 Å². The Morgan fingerprint density at radius 3 is 2.76 bits per heavy atom. The van der Waals surface area contributed by atoms with Crippen LogP contribution in [0.4, 0.5) is 0 Å². The fourth-order valence-corrected chi connectivity index (χ4v) is 3.42. The number of para-hydroxylation sites is 1. The molecule has 2 nitrogen and oxygen atoms in total. The fraction of sp³-hybridized carbons (Fsp3) is 0.214. The maximum absolute atomic E-state index is 12.4. The van der Waals surface area contributed by atoms with E-state index in [2.05, 4.69) is 18.4 Å². The minimum Gasteiger partial charge on any atom is -0.332 e. The van der Waals surface area contributed by atoms with Gasteiger partial charge < -0.3 is 4.57 Å². The molecule has 0 N–H and O–H groups in total. The Hall–Kier alpha value is -1.61. The lowest BCUT2D eigenvalue weighted by Gasteiger charge is -2.09. The highest BCUT2D eigenvalue weighted by Gasteiger charge is 2.11. The van der Waals surface area contributed by atoms with Crippen LogP contribution in [0.5, 0.6) is 0 Å². The zero-order chi connectivity index (χ0) is 12.0. The maximum Gasteiger partial charge on any atom is 0.198 e. The summed E-state index contributed by atoms with van der Waals surface area (Å²) in [5.41, 5.74) is 1.19. The van der Waals surface area contributed by atoms with Crippen LogP contribution in [0.1, 0.15) is 11.8 Å². The van der Waals surface area contributed by atoms with E-state index in [9.17, 15) is 4.79 Å². The number of aromatic nitrogens is 1. The van der Waals surface area contributed by atoms with Gasteiger partial charge in [-0.3, -0.25) is 4.79 Å². The third kappa shape index (κ3) is 1.42. The van der Waals surface area contributed by atoms with Crippen LogP contribution in [0, 0.1) is 6.92 Å². The summed E-state index contributed by atoms with van der Waals surface area (Å²) in [6.07, 6.45) is 0. The SMILES string of the molecule is CCn1c2ccccc2c(=O)c2cc(C)sc21. The lowest BCUT2D eigenvalue weighted by Crippen LogP contribution is -2.08. The fourth-order valence-electron chi connectivity index (χ4n) is 2.33. The molecule has 2 heterocycles. The number of pyridine rings is 1. The number of hydrogen-bond donors (Lipinski definition) is 0. The van der Waals surface area contributed by atoms with Gasteiger partial charge in [-0.15, -0.1) is 11.3 Å². The average Bonchev–Trinajstić information content (AvgIpc) is 2.72. The second-order valence-electron chi connectivity index (χ2n) is 4.17. The molecule has 0 amide bonds. The highest BCUT2D eigenvalue weighted by molar-refractivity contribution is 7.18. The topological polar surface area (TPSA) is 22.0 Å². The Balaban J connectivity index is 2.67. The second kappa shape index (κ2) is 3.70. The molecule has 0 fully saturated rings. The largest absolute Gasteiger partial charge is 0.332 e. The molecular formula is C14H13NOS. The Morgan fingerprint density at radius 1 is 1.24 bits per heavy atom. The van der Waals surface area contributed by atoms with Crippen LogP contribution in [0.3, 0.4) is 0 Å². The minimum absolute atomic E-state index is 0.157. The summed E-state index contributed by atoms with van der Waals surface area (Å²) in [5, 5.41) is 1.67. The van der Waals surface area contributed by atoms with E-state index in [1.165, 1.54) is 4.88 Å². The van der Waals surface area contributed by atoms with Crippen molar-refractivity contribution >= 4 is 32.5 Å².